The molecular formula is C53H31N3S2. The van der Waals surface area contributed by atoms with Gasteiger partial charge in [0.05, 0.1) is 22.4 Å². The zero-order valence-corrected chi connectivity index (χ0v) is 32.7. The number of nitrogens with zero attached hydrogens (tertiary/aromatic N) is 3. The number of para-hydroxylation sites is 2. The van der Waals surface area contributed by atoms with Crippen molar-refractivity contribution in [2.45, 2.75) is 0 Å². The van der Waals surface area contributed by atoms with Crippen LogP contribution in [0, 0.1) is 11.3 Å². The molecule has 8 aromatic carbocycles. The lowest BCUT2D eigenvalue weighted by Crippen LogP contribution is -2.10. The Hall–Kier alpha value is -7.23. The molecule has 12 aromatic rings. The second-order valence-electron chi connectivity index (χ2n) is 14.7. The van der Waals surface area contributed by atoms with Crippen molar-refractivity contribution in [2.75, 3.05) is 0 Å². The van der Waals surface area contributed by atoms with Crippen LogP contribution in [0.5, 0.6) is 0 Å². The molecule has 0 unspecified atom stereocenters. The van der Waals surface area contributed by atoms with Crippen LogP contribution >= 0.6 is 22.7 Å². The van der Waals surface area contributed by atoms with E-state index in [0.29, 0.717) is 5.56 Å². The third kappa shape index (κ3) is 4.65. The second-order valence-corrected chi connectivity index (χ2v) is 16.7. The topological polar surface area (TPSA) is 33.6 Å². The van der Waals surface area contributed by atoms with Crippen molar-refractivity contribution in [3.05, 3.63) is 194 Å². The Morgan fingerprint density at radius 3 is 1.12 bits per heavy atom. The molecule has 0 saturated heterocycles. The first-order valence-electron chi connectivity index (χ1n) is 19.4. The summed E-state index contributed by atoms with van der Waals surface area (Å²) < 4.78 is 7.27. The average molecular weight is 774 g/mol. The predicted molar refractivity (Wildman–Crippen MR) is 247 cm³/mol. The van der Waals surface area contributed by atoms with Gasteiger partial charge in [0.25, 0.3) is 0 Å². The van der Waals surface area contributed by atoms with Gasteiger partial charge in [-0.05, 0) is 41.0 Å². The molecule has 0 bridgehead atoms. The van der Waals surface area contributed by atoms with E-state index in [1.54, 1.807) is 22.7 Å². The SMILES string of the molecule is N#Cc1c(-n2c3ccccc3c3c4ccccc4sc32)c(-c2ccccc2)c(-c2ccccc2)c(-c2ccccc2)c1-n1c2ccccc2c2c3ccccc3sc21. The minimum absolute atomic E-state index is 0.623. The summed E-state index contributed by atoms with van der Waals surface area (Å²) in [7, 11) is 0. The Morgan fingerprint density at radius 1 is 0.362 bits per heavy atom. The highest BCUT2D eigenvalue weighted by Crippen LogP contribution is 2.54. The van der Waals surface area contributed by atoms with Gasteiger partial charge in [-0.1, -0.05) is 164 Å². The maximum Gasteiger partial charge on any atom is 0.109 e. The monoisotopic (exact) mass is 773 g/mol. The zero-order chi connectivity index (χ0) is 38.3. The van der Waals surface area contributed by atoms with Gasteiger partial charge >= 0.3 is 0 Å². The van der Waals surface area contributed by atoms with E-state index in [1.165, 1.54) is 41.7 Å². The second kappa shape index (κ2) is 12.9. The molecule has 0 amide bonds. The fourth-order valence-corrected chi connectivity index (χ4v) is 11.7. The molecule has 0 atom stereocenters. The molecule has 4 aromatic heterocycles. The van der Waals surface area contributed by atoms with E-state index in [-0.39, 0.29) is 0 Å². The molecule has 0 aliphatic rings. The van der Waals surface area contributed by atoms with E-state index in [2.05, 4.69) is 203 Å². The van der Waals surface area contributed by atoms with Crippen molar-refractivity contribution in [1.82, 2.24) is 9.13 Å². The van der Waals surface area contributed by atoms with Crippen molar-refractivity contribution < 1.29 is 0 Å². The van der Waals surface area contributed by atoms with Gasteiger partial charge in [-0.3, -0.25) is 9.13 Å². The van der Waals surface area contributed by atoms with E-state index in [9.17, 15) is 5.26 Å². The standard InChI is InChI=1S/C53H31N3S2/c54-32-40-50(55-41-28-14-10-24-36(41)48-38-26-12-16-30-43(38)57-52(48)55)46(34-20-6-2-7-21-34)45(33-18-4-1-5-19-33)47(35-22-8-3-9-23-35)51(40)56-42-29-15-11-25-37(42)49-39-27-13-17-31-44(39)58-53(49)56/h1-31H. The average Bonchev–Trinajstić information content (AvgIpc) is 4.03. The van der Waals surface area contributed by atoms with Crippen LogP contribution in [0.2, 0.25) is 0 Å². The van der Waals surface area contributed by atoms with Crippen LogP contribution in [0.1, 0.15) is 5.56 Å². The van der Waals surface area contributed by atoms with Gasteiger partial charge < -0.3 is 0 Å². The Bertz CT molecular complexity index is 3400. The number of hydrogen-bond donors (Lipinski definition) is 0. The van der Waals surface area contributed by atoms with Gasteiger partial charge in [-0.2, -0.15) is 5.26 Å². The molecule has 0 aliphatic heterocycles. The van der Waals surface area contributed by atoms with Gasteiger partial charge in [0.1, 0.15) is 21.3 Å². The third-order valence-electron chi connectivity index (χ3n) is 11.6. The van der Waals surface area contributed by atoms with Crippen LogP contribution in [0.4, 0.5) is 0 Å². The first kappa shape index (κ1) is 33.0. The minimum atomic E-state index is 0.623. The van der Waals surface area contributed by atoms with Crippen molar-refractivity contribution in [2.24, 2.45) is 0 Å². The largest absolute Gasteiger partial charge is 0.299 e. The number of aromatic nitrogens is 2. The highest BCUT2D eigenvalue weighted by Gasteiger charge is 2.33. The van der Waals surface area contributed by atoms with E-state index < -0.39 is 0 Å². The van der Waals surface area contributed by atoms with Crippen LogP contribution in [0.15, 0.2) is 188 Å². The van der Waals surface area contributed by atoms with Crippen LogP contribution in [-0.4, -0.2) is 9.13 Å². The van der Waals surface area contributed by atoms with Crippen LogP contribution in [-0.2, 0) is 0 Å². The van der Waals surface area contributed by atoms with Crippen molar-refractivity contribution in [3.8, 4) is 50.8 Å². The number of hydrogen-bond acceptors (Lipinski definition) is 3. The summed E-state index contributed by atoms with van der Waals surface area (Å²) in [6.07, 6.45) is 0. The minimum Gasteiger partial charge on any atom is -0.299 e. The van der Waals surface area contributed by atoms with Gasteiger partial charge in [-0.15, -0.1) is 22.7 Å². The molecule has 0 spiro atoms. The maximum atomic E-state index is 12.1. The maximum absolute atomic E-state index is 12.1. The van der Waals surface area contributed by atoms with Crippen LogP contribution < -0.4 is 0 Å². The summed E-state index contributed by atoms with van der Waals surface area (Å²) in [6, 6.07) is 69.9. The van der Waals surface area contributed by atoms with Crippen LogP contribution in [0.25, 0.3) is 107 Å². The molecule has 0 radical (unpaired) electrons. The fourth-order valence-electron chi connectivity index (χ4n) is 9.27. The van der Waals surface area contributed by atoms with Gasteiger partial charge in [0.2, 0.25) is 0 Å². The number of nitriles is 1. The Kier molecular flexibility index (Phi) is 7.33. The highest BCUT2D eigenvalue weighted by molar-refractivity contribution is 7.26. The summed E-state index contributed by atoms with van der Waals surface area (Å²) in [5.74, 6) is 0. The first-order chi connectivity index (χ1) is 28.8. The van der Waals surface area contributed by atoms with E-state index in [4.69, 9.17) is 0 Å². The summed E-state index contributed by atoms with van der Waals surface area (Å²) in [4.78, 5) is 2.25. The van der Waals surface area contributed by atoms with Gasteiger partial charge in [0, 0.05) is 58.4 Å². The first-order valence-corrected chi connectivity index (χ1v) is 21.1. The zero-order valence-electron chi connectivity index (χ0n) is 31.1. The Morgan fingerprint density at radius 2 is 0.707 bits per heavy atom. The third-order valence-corrected chi connectivity index (χ3v) is 13.9. The molecule has 58 heavy (non-hydrogen) atoms. The predicted octanol–water partition coefficient (Wildman–Crippen LogP) is 15.2. The van der Waals surface area contributed by atoms with E-state index in [0.717, 1.165) is 65.4 Å². The molecule has 0 saturated carbocycles. The molecule has 0 aliphatic carbocycles. The summed E-state index contributed by atoms with van der Waals surface area (Å²) in [5.41, 5.74) is 10.8. The van der Waals surface area contributed by atoms with Crippen molar-refractivity contribution in [1.29, 1.82) is 5.26 Å². The normalized spacial score (nSPS) is 11.8. The molecule has 12 rings (SSSR count). The molecule has 3 nitrogen and oxygen atoms in total. The van der Waals surface area contributed by atoms with Crippen molar-refractivity contribution >= 4 is 85.1 Å². The number of thiophene rings is 2. The Balaban J connectivity index is 1.41. The number of rotatable bonds is 5. The van der Waals surface area contributed by atoms with E-state index >= 15 is 0 Å². The number of benzene rings is 8. The summed E-state index contributed by atoms with van der Waals surface area (Å²) in [5, 5.41) is 19.3. The number of fused-ring (bicyclic) bond motifs is 10. The molecule has 270 valence electrons. The molecular weight excluding hydrogens is 743 g/mol. The molecule has 5 heteroatoms. The van der Waals surface area contributed by atoms with E-state index in [1.807, 2.05) is 0 Å². The highest BCUT2D eigenvalue weighted by atomic mass is 32.1. The Labute approximate surface area is 342 Å². The van der Waals surface area contributed by atoms with Crippen molar-refractivity contribution in [3.63, 3.8) is 0 Å². The summed E-state index contributed by atoms with van der Waals surface area (Å²) in [6.45, 7) is 0. The summed E-state index contributed by atoms with van der Waals surface area (Å²) >= 11 is 3.59. The quantitative estimate of drug-likeness (QED) is 0.171. The van der Waals surface area contributed by atoms with Crippen LogP contribution in [0.3, 0.4) is 0 Å². The smallest absolute Gasteiger partial charge is 0.109 e. The lowest BCUT2D eigenvalue weighted by Gasteiger charge is -2.27. The molecule has 0 fully saturated rings. The fraction of sp³-hybridized carbons (Fsp3) is 0. The molecule has 4 heterocycles. The lowest BCUT2D eigenvalue weighted by atomic mass is 9.82. The lowest BCUT2D eigenvalue weighted by molar-refractivity contribution is 1.13. The van der Waals surface area contributed by atoms with Gasteiger partial charge in [-0.25, -0.2) is 0 Å². The molecule has 0 N–H and O–H groups in total. The van der Waals surface area contributed by atoms with Gasteiger partial charge in [0.15, 0.2) is 0 Å².